The summed E-state index contributed by atoms with van der Waals surface area (Å²) in [6, 6.07) is 4.36. The highest BCUT2D eigenvalue weighted by atomic mass is 16.5. The molecule has 2 aliphatic heterocycles. The molecule has 26 heavy (non-hydrogen) atoms. The van der Waals surface area contributed by atoms with Crippen LogP contribution in [0.25, 0.3) is 0 Å². The predicted octanol–water partition coefficient (Wildman–Crippen LogP) is 1.84. The van der Waals surface area contributed by atoms with Gasteiger partial charge in [-0.3, -0.25) is 14.7 Å². The Balaban J connectivity index is 1.41. The van der Waals surface area contributed by atoms with E-state index in [1.165, 1.54) is 12.0 Å². The zero-order chi connectivity index (χ0) is 18.0. The van der Waals surface area contributed by atoms with Gasteiger partial charge in [0.25, 0.3) is 0 Å². The maximum absolute atomic E-state index is 12.9. The van der Waals surface area contributed by atoms with Crippen molar-refractivity contribution < 1.29 is 14.3 Å². The zero-order valence-corrected chi connectivity index (χ0v) is 15.6. The third-order valence-corrected chi connectivity index (χ3v) is 6.33. The molecule has 142 valence electrons. The Hall–Kier alpha value is -1.50. The molecular formula is C20H29N3O3. The number of rotatable bonds is 5. The number of carbonyl (C=O) groups is 1. The summed E-state index contributed by atoms with van der Waals surface area (Å²) in [5, 5.41) is 0. The number of hydrogen-bond donors (Lipinski definition) is 0. The number of morpholine rings is 1. The van der Waals surface area contributed by atoms with E-state index in [-0.39, 0.29) is 23.7 Å². The molecule has 0 aromatic carbocycles. The van der Waals surface area contributed by atoms with Crippen LogP contribution in [0, 0.1) is 0 Å². The Labute approximate surface area is 155 Å². The number of amides is 1. The lowest BCUT2D eigenvalue weighted by Gasteiger charge is -2.48. The van der Waals surface area contributed by atoms with Gasteiger partial charge < -0.3 is 14.4 Å². The highest BCUT2D eigenvalue weighted by Crippen LogP contribution is 2.38. The van der Waals surface area contributed by atoms with Gasteiger partial charge in [-0.1, -0.05) is 6.07 Å². The molecule has 1 amide bonds. The van der Waals surface area contributed by atoms with Crippen molar-refractivity contribution in [3.8, 4) is 0 Å². The average molecular weight is 359 g/mol. The van der Waals surface area contributed by atoms with E-state index in [0.717, 1.165) is 52.0 Å². The van der Waals surface area contributed by atoms with Gasteiger partial charge in [-0.25, -0.2) is 0 Å². The van der Waals surface area contributed by atoms with Gasteiger partial charge in [-0.15, -0.1) is 0 Å². The minimum absolute atomic E-state index is 0.202. The first-order valence-corrected chi connectivity index (χ1v) is 9.77. The van der Waals surface area contributed by atoms with E-state index < -0.39 is 0 Å². The third kappa shape index (κ3) is 3.63. The van der Waals surface area contributed by atoms with E-state index in [1.54, 1.807) is 13.3 Å². The van der Waals surface area contributed by atoms with Gasteiger partial charge in [0.05, 0.1) is 30.8 Å². The molecule has 0 spiro atoms. The van der Waals surface area contributed by atoms with Crippen LogP contribution in [0.4, 0.5) is 0 Å². The van der Waals surface area contributed by atoms with Crippen LogP contribution >= 0.6 is 0 Å². The molecule has 6 heteroatoms. The van der Waals surface area contributed by atoms with Crippen LogP contribution in [0.15, 0.2) is 24.5 Å². The van der Waals surface area contributed by atoms with Crippen molar-refractivity contribution in [3.05, 3.63) is 30.1 Å². The minimum atomic E-state index is -0.202. The van der Waals surface area contributed by atoms with Gasteiger partial charge in [0.2, 0.25) is 5.91 Å². The number of fused-ring (bicyclic) bond motifs is 1. The summed E-state index contributed by atoms with van der Waals surface area (Å²) in [6.45, 7) is 4.08. The fourth-order valence-electron chi connectivity index (χ4n) is 4.50. The Morgan fingerprint density at radius 1 is 1.42 bits per heavy atom. The highest BCUT2D eigenvalue weighted by Gasteiger charge is 2.43. The van der Waals surface area contributed by atoms with E-state index in [2.05, 4.69) is 16.0 Å². The molecule has 1 saturated carbocycles. The molecule has 2 atom stereocenters. The smallest absolute Gasteiger partial charge is 0.225 e. The largest absolute Gasteiger partial charge is 0.378 e. The van der Waals surface area contributed by atoms with Gasteiger partial charge in [0, 0.05) is 45.7 Å². The first kappa shape index (κ1) is 17.9. The summed E-state index contributed by atoms with van der Waals surface area (Å²) in [4.78, 5) is 21.6. The van der Waals surface area contributed by atoms with Crippen LogP contribution in [0.2, 0.25) is 0 Å². The second kappa shape index (κ2) is 7.62. The van der Waals surface area contributed by atoms with E-state index in [9.17, 15) is 4.79 Å². The van der Waals surface area contributed by atoms with Gasteiger partial charge in [0.1, 0.15) is 0 Å². The fraction of sp³-hybridized carbons (Fsp3) is 0.700. The summed E-state index contributed by atoms with van der Waals surface area (Å²) in [7, 11) is 1.74. The zero-order valence-electron chi connectivity index (χ0n) is 15.6. The highest BCUT2D eigenvalue weighted by molar-refractivity contribution is 5.77. The van der Waals surface area contributed by atoms with Gasteiger partial charge in [0.15, 0.2) is 0 Å². The normalized spacial score (nSPS) is 28.3. The van der Waals surface area contributed by atoms with Crippen molar-refractivity contribution in [3.63, 3.8) is 0 Å². The number of ether oxygens (including phenoxy) is 2. The second-order valence-electron chi connectivity index (χ2n) is 7.85. The quantitative estimate of drug-likeness (QED) is 0.803. The van der Waals surface area contributed by atoms with Crippen molar-refractivity contribution in [1.82, 2.24) is 14.8 Å². The van der Waals surface area contributed by atoms with Crippen LogP contribution in [-0.2, 0) is 20.8 Å². The second-order valence-corrected chi connectivity index (χ2v) is 7.85. The molecule has 3 heterocycles. The molecular weight excluding hydrogens is 330 g/mol. The number of carbonyl (C=O) groups excluding carboxylic acids is 1. The Bertz CT molecular complexity index is 614. The Morgan fingerprint density at radius 2 is 2.31 bits per heavy atom. The van der Waals surface area contributed by atoms with Crippen LogP contribution < -0.4 is 0 Å². The first-order chi connectivity index (χ1) is 12.7. The van der Waals surface area contributed by atoms with Crippen molar-refractivity contribution >= 4 is 5.91 Å². The first-order valence-electron chi connectivity index (χ1n) is 9.77. The number of likely N-dealkylation sites (tertiary alicyclic amines) is 1. The number of piperidine rings is 1. The Kier molecular flexibility index (Phi) is 5.25. The molecule has 0 bridgehead atoms. The molecule has 0 radical (unpaired) electrons. The van der Waals surface area contributed by atoms with Gasteiger partial charge >= 0.3 is 0 Å². The third-order valence-electron chi connectivity index (χ3n) is 6.33. The number of nitrogens with zero attached hydrogens (tertiary/aromatic N) is 3. The molecule has 1 aromatic heterocycles. The molecule has 3 aliphatic rings. The molecule has 1 aromatic rings. The van der Waals surface area contributed by atoms with Gasteiger partial charge in [-0.05, 0) is 37.3 Å². The maximum atomic E-state index is 12.9. The van der Waals surface area contributed by atoms with E-state index in [4.69, 9.17) is 9.47 Å². The molecule has 1 aliphatic carbocycles. The molecule has 0 N–H and O–H groups in total. The summed E-state index contributed by atoms with van der Waals surface area (Å²) >= 11 is 0. The monoisotopic (exact) mass is 359 g/mol. The van der Waals surface area contributed by atoms with Crippen molar-refractivity contribution in [2.24, 2.45) is 0 Å². The Morgan fingerprint density at radius 3 is 3.00 bits per heavy atom. The summed E-state index contributed by atoms with van der Waals surface area (Å²) in [5.74, 6) is 0.233. The maximum Gasteiger partial charge on any atom is 0.225 e. The number of aromatic nitrogens is 1. The molecule has 2 saturated heterocycles. The number of hydrogen-bond acceptors (Lipinski definition) is 5. The van der Waals surface area contributed by atoms with Crippen LogP contribution in [0.1, 0.15) is 37.7 Å². The van der Waals surface area contributed by atoms with Crippen molar-refractivity contribution in [2.75, 3.05) is 33.4 Å². The van der Waals surface area contributed by atoms with Crippen molar-refractivity contribution in [1.29, 1.82) is 0 Å². The number of pyridine rings is 1. The van der Waals surface area contributed by atoms with Gasteiger partial charge in [-0.2, -0.15) is 0 Å². The molecule has 3 fully saturated rings. The van der Waals surface area contributed by atoms with Crippen molar-refractivity contribution in [2.45, 2.75) is 56.4 Å². The fourth-order valence-corrected chi connectivity index (χ4v) is 4.50. The summed E-state index contributed by atoms with van der Waals surface area (Å²) in [6.07, 6.45) is 8.57. The lowest BCUT2D eigenvalue weighted by Crippen LogP contribution is -2.61. The van der Waals surface area contributed by atoms with E-state index in [1.807, 2.05) is 17.2 Å². The van der Waals surface area contributed by atoms with Crippen LogP contribution in [0.3, 0.4) is 0 Å². The number of methoxy groups -OCH3 is 1. The van der Waals surface area contributed by atoms with Crippen LogP contribution in [0.5, 0.6) is 0 Å². The van der Waals surface area contributed by atoms with Crippen LogP contribution in [-0.4, -0.2) is 71.8 Å². The molecule has 0 unspecified atom stereocenters. The molecule has 4 rings (SSSR count). The summed E-state index contributed by atoms with van der Waals surface area (Å²) in [5.41, 5.74) is 1.01. The summed E-state index contributed by atoms with van der Waals surface area (Å²) < 4.78 is 11.7. The SMILES string of the molecule is COC1(CC(=O)N2CC[C@@H]3OCCN(Cc4cccnc4)[C@H]3C2)CCC1. The van der Waals surface area contributed by atoms with E-state index >= 15 is 0 Å². The average Bonchev–Trinajstić information content (AvgIpc) is 2.65. The predicted molar refractivity (Wildman–Crippen MR) is 97.6 cm³/mol. The lowest BCUT2D eigenvalue weighted by atomic mass is 9.77. The van der Waals surface area contributed by atoms with E-state index in [0.29, 0.717) is 6.42 Å². The topological polar surface area (TPSA) is 54.9 Å². The molecule has 6 nitrogen and oxygen atoms in total. The standard InChI is InChI=1S/C20H29N3O3/c1-25-20(6-3-7-20)12-19(24)23-9-5-18-17(15-23)22(10-11-26-18)14-16-4-2-8-21-13-16/h2,4,8,13,17-18H,3,5-7,9-12,14-15H2,1H3/t17-,18-/m0/s1. The minimum Gasteiger partial charge on any atom is -0.378 e. The lowest BCUT2D eigenvalue weighted by molar-refractivity contribution is -0.153.